The highest BCUT2D eigenvalue weighted by Gasteiger charge is 2.10. The van der Waals surface area contributed by atoms with Gasteiger partial charge < -0.3 is 5.11 Å². The van der Waals surface area contributed by atoms with Gasteiger partial charge in [-0.25, -0.2) is 8.42 Å². The van der Waals surface area contributed by atoms with Gasteiger partial charge in [0.1, 0.15) is 0 Å². The average Bonchev–Trinajstić information content (AvgIpc) is 2.09. The molecule has 1 aromatic rings. The second-order valence-electron chi connectivity index (χ2n) is 3.46. The third kappa shape index (κ3) is 3.53. The van der Waals surface area contributed by atoms with Crippen LogP contribution in [0.5, 0.6) is 0 Å². The predicted octanol–water partition coefficient (Wildman–Crippen LogP) is 1.04. The second-order valence-corrected chi connectivity index (χ2v) is 5.30. The lowest BCUT2D eigenvalue weighted by Gasteiger charge is -2.09. The van der Waals surface area contributed by atoms with E-state index in [0.29, 0.717) is 5.69 Å². The molecule has 0 bridgehead atoms. The molecule has 0 saturated carbocycles. The van der Waals surface area contributed by atoms with Crippen LogP contribution in [0.4, 0.5) is 5.69 Å². The number of rotatable bonds is 4. The molecule has 0 aliphatic heterocycles. The van der Waals surface area contributed by atoms with Crippen molar-refractivity contribution in [3.05, 3.63) is 29.3 Å². The van der Waals surface area contributed by atoms with Crippen LogP contribution in [-0.2, 0) is 10.0 Å². The zero-order chi connectivity index (χ0) is 11.5. The van der Waals surface area contributed by atoms with E-state index in [4.69, 9.17) is 5.11 Å². The normalized spacial score (nSPS) is 11.4. The molecule has 0 amide bonds. The Hall–Kier alpha value is -1.07. The Balaban J connectivity index is 2.90. The van der Waals surface area contributed by atoms with E-state index in [9.17, 15) is 8.42 Å². The van der Waals surface area contributed by atoms with Gasteiger partial charge in [-0.05, 0) is 25.5 Å². The highest BCUT2D eigenvalue weighted by Crippen LogP contribution is 2.17. The summed E-state index contributed by atoms with van der Waals surface area (Å²) in [6.45, 7) is 3.41. The molecule has 0 spiro atoms. The van der Waals surface area contributed by atoms with Gasteiger partial charge in [-0.1, -0.05) is 17.7 Å². The topological polar surface area (TPSA) is 66.4 Å². The van der Waals surface area contributed by atoms with Crippen molar-refractivity contribution in [3.8, 4) is 0 Å². The molecule has 0 saturated heterocycles. The molecule has 1 aromatic carbocycles. The maximum absolute atomic E-state index is 11.4. The average molecular weight is 229 g/mol. The molecular weight excluding hydrogens is 214 g/mol. The third-order valence-electron chi connectivity index (χ3n) is 2.01. The minimum Gasteiger partial charge on any atom is -0.395 e. The van der Waals surface area contributed by atoms with Crippen molar-refractivity contribution in [2.24, 2.45) is 0 Å². The number of sulfonamides is 1. The van der Waals surface area contributed by atoms with Crippen molar-refractivity contribution in [2.45, 2.75) is 13.8 Å². The van der Waals surface area contributed by atoms with Gasteiger partial charge in [0.25, 0.3) is 0 Å². The molecule has 0 heterocycles. The summed E-state index contributed by atoms with van der Waals surface area (Å²) in [6, 6.07) is 5.46. The number of hydrogen-bond acceptors (Lipinski definition) is 3. The van der Waals surface area contributed by atoms with Crippen molar-refractivity contribution in [1.29, 1.82) is 0 Å². The lowest BCUT2D eigenvalue weighted by molar-refractivity contribution is 0.320. The van der Waals surface area contributed by atoms with Crippen LogP contribution in [-0.4, -0.2) is 25.9 Å². The molecule has 0 aromatic heterocycles. The Labute approximate surface area is 90.0 Å². The molecule has 15 heavy (non-hydrogen) atoms. The van der Waals surface area contributed by atoms with E-state index in [2.05, 4.69) is 4.72 Å². The zero-order valence-corrected chi connectivity index (χ0v) is 9.63. The Morgan fingerprint density at radius 2 is 2.00 bits per heavy atom. The SMILES string of the molecule is Cc1ccc(NS(=O)(=O)CCO)c(C)c1. The van der Waals surface area contributed by atoms with Crippen LogP contribution in [0.3, 0.4) is 0 Å². The van der Waals surface area contributed by atoms with Crippen LogP contribution in [0.15, 0.2) is 18.2 Å². The Morgan fingerprint density at radius 3 is 2.53 bits per heavy atom. The number of benzene rings is 1. The number of aliphatic hydroxyl groups excluding tert-OH is 1. The van der Waals surface area contributed by atoms with E-state index in [1.165, 1.54) is 0 Å². The van der Waals surface area contributed by atoms with Gasteiger partial charge in [0.15, 0.2) is 0 Å². The van der Waals surface area contributed by atoms with Gasteiger partial charge in [0, 0.05) is 0 Å². The van der Waals surface area contributed by atoms with E-state index in [0.717, 1.165) is 11.1 Å². The Bertz CT molecular complexity index is 440. The number of aryl methyl sites for hydroxylation is 2. The summed E-state index contributed by atoms with van der Waals surface area (Å²) in [5.41, 5.74) is 2.52. The summed E-state index contributed by atoms with van der Waals surface area (Å²) in [7, 11) is -3.42. The van der Waals surface area contributed by atoms with Gasteiger partial charge >= 0.3 is 0 Å². The highest BCUT2D eigenvalue weighted by molar-refractivity contribution is 7.92. The Morgan fingerprint density at radius 1 is 1.33 bits per heavy atom. The van der Waals surface area contributed by atoms with Crippen LogP contribution in [0.25, 0.3) is 0 Å². The van der Waals surface area contributed by atoms with Gasteiger partial charge in [-0.15, -0.1) is 0 Å². The highest BCUT2D eigenvalue weighted by atomic mass is 32.2. The zero-order valence-electron chi connectivity index (χ0n) is 8.82. The Kier molecular flexibility index (Phi) is 3.71. The molecule has 1 rings (SSSR count). The number of aliphatic hydroxyl groups is 1. The predicted molar refractivity (Wildman–Crippen MR) is 60.4 cm³/mol. The standard InChI is InChI=1S/C10H15NO3S/c1-8-3-4-10(9(2)7-8)11-15(13,14)6-5-12/h3-4,7,11-12H,5-6H2,1-2H3. The van der Waals surface area contributed by atoms with E-state index in [1.807, 2.05) is 26.0 Å². The molecule has 0 aliphatic rings. The molecule has 0 aliphatic carbocycles. The quantitative estimate of drug-likeness (QED) is 0.810. The van der Waals surface area contributed by atoms with Gasteiger partial charge in [-0.3, -0.25) is 4.72 Å². The minimum atomic E-state index is -3.42. The number of hydrogen-bond donors (Lipinski definition) is 2. The fourth-order valence-electron chi connectivity index (χ4n) is 1.27. The van der Waals surface area contributed by atoms with Gasteiger partial charge in [0.05, 0.1) is 18.0 Å². The van der Waals surface area contributed by atoms with Crippen LogP contribution >= 0.6 is 0 Å². The summed E-state index contributed by atoms with van der Waals surface area (Å²) in [6.07, 6.45) is 0. The molecule has 4 nitrogen and oxygen atoms in total. The fraction of sp³-hybridized carbons (Fsp3) is 0.400. The van der Waals surface area contributed by atoms with Crippen LogP contribution in [0.2, 0.25) is 0 Å². The fourth-order valence-corrected chi connectivity index (χ4v) is 2.17. The van der Waals surface area contributed by atoms with Crippen molar-refractivity contribution >= 4 is 15.7 Å². The van der Waals surface area contributed by atoms with Crippen LogP contribution < -0.4 is 4.72 Å². The lowest BCUT2D eigenvalue weighted by Crippen LogP contribution is -2.19. The van der Waals surface area contributed by atoms with Crippen LogP contribution in [0.1, 0.15) is 11.1 Å². The smallest absolute Gasteiger partial charge is 0.234 e. The first-order valence-corrected chi connectivity index (χ1v) is 6.28. The largest absolute Gasteiger partial charge is 0.395 e. The van der Waals surface area contributed by atoms with Crippen molar-refractivity contribution < 1.29 is 13.5 Å². The van der Waals surface area contributed by atoms with Gasteiger partial charge in [0.2, 0.25) is 10.0 Å². The van der Waals surface area contributed by atoms with E-state index < -0.39 is 10.0 Å². The van der Waals surface area contributed by atoms with E-state index in [-0.39, 0.29) is 12.4 Å². The summed E-state index contributed by atoms with van der Waals surface area (Å²) in [5, 5.41) is 8.57. The molecule has 5 heteroatoms. The molecular formula is C10H15NO3S. The van der Waals surface area contributed by atoms with Crippen molar-refractivity contribution in [1.82, 2.24) is 0 Å². The minimum absolute atomic E-state index is 0.277. The summed E-state index contributed by atoms with van der Waals surface area (Å²) < 4.78 is 25.2. The maximum Gasteiger partial charge on any atom is 0.234 e. The molecule has 0 fully saturated rings. The van der Waals surface area contributed by atoms with E-state index in [1.54, 1.807) is 6.07 Å². The van der Waals surface area contributed by atoms with E-state index >= 15 is 0 Å². The first kappa shape index (κ1) is 12.0. The van der Waals surface area contributed by atoms with Crippen molar-refractivity contribution in [2.75, 3.05) is 17.1 Å². The summed E-state index contributed by atoms with van der Waals surface area (Å²) in [4.78, 5) is 0. The third-order valence-corrected chi connectivity index (χ3v) is 3.26. The van der Waals surface area contributed by atoms with Crippen molar-refractivity contribution in [3.63, 3.8) is 0 Å². The maximum atomic E-state index is 11.4. The molecule has 84 valence electrons. The molecule has 0 radical (unpaired) electrons. The molecule has 0 unspecified atom stereocenters. The number of anilines is 1. The summed E-state index contributed by atoms with van der Waals surface area (Å²) in [5.74, 6) is -0.277. The first-order chi connectivity index (χ1) is 6.94. The summed E-state index contributed by atoms with van der Waals surface area (Å²) >= 11 is 0. The second kappa shape index (κ2) is 4.63. The van der Waals surface area contributed by atoms with Gasteiger partial charge in [-0.2, -0.15) is 0 Å². The molecule has 0 atom stereocenters. The lowest BCUT2D eigenvalue weighted by atomic mass is 10.1. The monoisotopic (exact) mass is 229 g/mol. The van der Waals surface area contributed by atoms with Crippen LogP contribution in [0, 0.1) is 13.8 Å². The molecule has 2 N–H and O–H groups in total. The first-order valence-electron chi connectivity index (χ1n) is 4.63. The number of nitrogens with one attached hydrogen (secondary N) is 1.